The second-order valence-electron chi connectivity index (χ2n) is 8.51. The van der Waals surface area contributed by atoms with E-state index in [2.05, 4.69) is 16.4 Å². The maximum atomic E-state index is 12.6. The average Bonchev–Trinajstić information content (AvgIpc) is 2.69. The van der Waals surface area contributed by atoms with Gasteiger partial charge in [-0.15, -0.1) is 0 Å². The van der Waals surface area contributed by atoms with E-state index >= 15 is 0 Å². The van der Waals surface area contributed by atoms with Crippen LogP contribution < -0.4 is 11.1 Å². The van der Waals surface area contributed by atoms with Crippen LogP contribution in [0.4, 0.5) is 0 Å². The van der Waals surface area contributed by atoms with Crippen molar-refractivity contribution in [1.82, 2.24) is 10.2 Å². The van der Waals surface area contributed by atoms with Crippen molar-refractivity contribution in [3.05, 3.63) is 70.8 Å². The summed E-state index contributed by atoms with van der Waals surface area (Å²) in [6.45, 7) is 8.90. The normalized spacial score (nSPS) is 19.0. The number of nitrogens with one attached hydrogen (secondary N) is 1. The fourth-order valence-corrected chi connectivity index (χ4v) is 3.44. The molecular formula is C24H30N4O2. The first-order valence-corrected chi connectivity index (χ1v) is 10.3. The third-order valence-electron chi connectivity index (χ3n) is 5.79. The SMILES string of the molecule is Cc1cccc(CNC(=O)c2ccc(CN3C(=O)C[C@@](C)(C(C)C)N=C3N)cc2)c1. The minimum absolute atomic E-state index is 0.0290. The summed E-state index contributed by atoms with van der Waals surface area (Å²) >= 11 is 0. The van der Waals surface area contributed by atoms with Crippen LogP contribution in [0.3, 0.4) is 0 Å². The number of hydrogen-bond donors (Lipinski definition) is 2. The monoisotopic (exact) mass is 406 g/mol. The number of benzene rings is 2. The number of carbonyl (C=O) groups excluding carboxylic acids is 2. The number of hydrogen-bond acceptors (Lipinski definition) is 4. The number of aryl methyl sites for hydroxylation is 1. The van der Waals surface area contributed by atoms with E-state index in [1.165, 1.54) is 4.90 Å². The van der Waals surface area contributed by atoms with E-state index in [-0.39, 0.29) is 23.7 Å². The predicted molar refractivity (Wildman–Crippen MR) is 119 cm³/mol. The summed E-state index contributed by atoms with van der Waals surface area (Å²) in [4.78, 5) is 31.2. The van der Waals surface area contributed by atoms with Gasteiger partial charge in [0, 0.05) is 12.1 Å². The molecule has 2 amide bonds. The minimum atomic E-state index is -0.461. The summed E-state index contributed by atoms with van der Waals surface area (Å²) in [6, 6.07) is 15.3. The molecule has 6 nitrogen and oxygen atoms in total. The molecule has 0 spiro atoms. The van der Waals surface area contributed by atoms with Crippen LogP contribution in [0.2, 0.25) is 0 Å². The van der Waals surface area contributed by atoms with Gasteiger partial charge < -0.3 is 11.1 Å². The van der Waals surface area contributed by atoms with E-state index < -0.39 is 5.54 Å². The number of carbonyl (C=O) groups is 2. The van der Waals surface area contributed by atoms with Crippen LogP contribution in [0.25, 0.3) is 0 Å². The summed E-state index contributed by atoms with van der Waals surface area (Å²) in [7, 11) is 0. The molecule has 6 heteroatoms. The quantitative estimate of drug-likeness (QED) is 0.771. The summed E-state index contributed by atoms with van der Waals surface area (Å²) in [5.74, 6) is 0.312. The third kappa shape index (κ3) is 4.87. The van der Waals surface area contributed by atoms with Crippen molar-refractivity contribution >= 4 is 17.8 Å². The number of aliphatic imine (C=N–C) groups is 1. The third-order valence-corrected chi connectivity index (χ3v) is 5.79. The maximum Gasteiger partial charge on any atom is 0.251 e. The van der Waals surface area contributed by atoms with Crippen LogP contribution in [0, 0.1) is 12.8 Å². The topological polar surface area (TPSA) is 87.8 Å². The van der Waals surface area contributed by atoms with Crippen LogP contribution in [0.1, 0.15) is 54.2 Å². The van der Waals surface area contributed by atoms with E-state index in [4.69, 9.17) is 5.73 Å². The number of guanidine groups is 1. The molecule has 1 atom stereocenters. The van der Waals surface area contributed by atoms with Gasteiger partial charge in [0.1, 0.15) is 0 Å². The number of rotatable bonds is 6. The Kier molecular flexibility index (Phi) is 6.25. The Morgan fingerprint density at radius 2 is 1.90 bits per heavy atom. The molecule has 1 aliphatic rings. The lowest BCUT2D eigenvalue weighted by Crippen LogP contribution is -2.51. The van der Waals surface area contributed by atoms with Gasteiger partial charge in [-0.1, -0.05) is 55.8 Å². The lowest BCUT2D eigenvalue weighted by atomic mass is 9.84. The van der Waals surface area contributed by atoms with Crippen molar-refractivity contribution in [2.24, 2.45) is 16.6 Å². The lowest BCUT2D eigenvalue weighted by molar-refractivity contribution is -0.130. The zero-order valence-corrected chi connectivity index (χ0v) is 18.1. The first kappa shape index (κ1) is 21.6. The first-order valence-electron chi connectivity index (χ1n) is 10.3. The van der Waals surface area contributed by atoms with E-state index in [9.17, 15) is 9.59 Å². The average molecular weight is 407 g/mol. The van der Waals surface area contributed by atoms with E-state index in [0.29, 0.717) is 25.1 Å². The molecule has 2 aromatic rings. The summed E-state index contributed by atoms with van der Waals surface area (Å²) in [6.07, 6.45) is 0.338. The highest BCUT2D eigenvalue weighted by Crippen LogP contribution is 2.30. The molecule has 3 N–H and O–H groups in total. The van der Waals surface area contributed by atoms with Crippen LogP contribution in [0.5, 0.6) is 0 Å². The molecule has 0 fully saturated rings. The van der Waals surface area contributed by atoms with Crippen LogP contribution in [-0.2, 0) is 17.9 Å². The molecule has 1 aliphatic heterocycles. The molecule has 3 rings (SSSR count). The highest BCUT2D eigenvalue weighted by atomic mass is 16.2. The Labute approximate surface area is 178 Å². The molecule has 158 valence electrons. The zero-order valence-electron chi connectivity index (χ0n) is 18.1. The maximum absolute atomic E-state index is 12.6. The standard InChI is InChI=1S/C24H30N4O2/c1-16(2)24(4)13-21(29)28(23(25)27-24)15-18-8-10-20(11-9-18)22(30)26-14-19-7-5-6-17(3)12-19/h5-12,16H,13-15H2,1-4H3,(H2,25,27)(H,26,30)/t24-/m0/s1. The van der Waals surface area contributed by atoms with E-state index in [1.807, 2.05) is 58.0 Å². The van der Waals surface area contributed by atoms with Gasteiger partial charge in [0.25, 0.3) is 5.91 Å². The molecule has 0 aromatic heterocycles. The van der Waals surface area contributed by atoms with Gasteiger partial charge in [0.15, 0.2) is 5.96 Å². The molecular weight excluding hydrogens is 376 g/mol. The van der Waals surface area contributed by atoms with Crippen molar-refractivity contribution in [2.75, 3.05) is 0 Å². The summed E-state index contributed by atoms with van der Waals surface area (Å²) in [5, 5.41) is 2.93. The van der Waals surface area contributed by atoms with Crippen molar-refractivity contribution in [2.45, 2.75) is 52.7 Å². The molecule has 0 saturated carbocycles. The van der Waals surface area contributed by atoms with Gasteiger partial charge in [-0.3, -0.25) is 14.5 Å². The van der Waals surface area contributed by atoms with Crippen molar-refractivity contribution in [3.63, 3.8) is 0 Å². The van der Waals surface area contributed by atoms with Crippen molar-refractivity contribution in [3.8, 4) is 0 Å². The van der Waals surface area contributed by atoms with Gasteiger partial charge in [-0.05, 0) is 43.0 Å². The van der Waals surface area contributed by atoms with Gasteiger partial charge in [-0.25, -0.2) is 4.99 Å². The number of nitrogens with two attached hydrogens (primary N) is 1. The predicted octanol–water partition coefficient (Wildman–Crippen LogP) is 3.39. The molecule has 2 aromatic carbocycles. The Bertz CT molecular complexity index is 965. The van der Waals surface area contributed by atoms with Crippen LogP contribution >= 0.6 is 0 Å². The molecule has 30 heavy (non-hydrogen) atoms. The first-order chi connectivity index (χ1) is 14.2. The van der Waals surface area contributed by atoms with Gasteiger partial charge in [0.05, 0.1) is 18.5 Å². The second kappa shape index (κ2) is 8.69. The molecule has 0 radical (unpaired) electrons. The largest absolute Gasteiger partial charge is 0.369 e. The van der Waals surface area contributed by atoms with E-state index in [1.54, 1.807) is 12.1 Å². The highest BCUT2D eigenvalue weighted by Gasteiger charge is 2.38. The van der Waals surface area contributed by atoms with Crippen molar-refractivity contribution < 1.29 is 9.59 Å². The molecule has 0 bridgehead atoms. The summed E-state index contributed by atoms with van der Waals surface area (Å²) < 4.78 is 0. The Morgan fingerprint density at radius 3 is 2.50 bits per heavy atom. The van der Waals surface area contributed by atoms with Gasteiger partial charge in [-0.2, -0.15) is 0 Å². The fourth-order valence-electron chi connectivity index (χ4n) is 3.44. The number of amides is 2. The fraction of sp³-hybridized carbons (Fsp3) is 0.375. The van der Waals surface area contributed by atoms with Gasteiger partial charge in [0.2, 0.25) is 5.91 Å². The number of nitrogens with zero attached hydrogens (tertiary/aromatic N) is 2. The second-order valence-corrected chi connectivity index (χ2v) is 8.51. The smallest absolute Gasteiger partial charge is 0.251 e. The van der Waals surface area contributed by atoms with Crippen LogP contribution in [0.15, 0.2) is 53.5 Å². The zero-order chi connectivity index (χ0) is 21.9. The molecule has 0 saturated heterocycles. The summed E-state index contributed by atoms with van der Waals surface area (Å²) in [5.41, 5.74) is 9.34. The highest BCUT2D eigenvalue weighted by molar-refractivity contribution is 5.99. The molecule has 1 heterocycles. The molecule has 0 aliphatic carbocycles. The minimum Gasteiger partial charge on any atom is -0.369 e. The Balaban J connectivity index is 1.63. The Hall–Kier alpha value is -3.15. The van der Waals surface area contributed by atoms with Gasteiger partial charge >= 0.3 is 0 Å². The lowest BCUT2D eigenvalue weighted by Gasteiger charge is -2.37. The van der Waals surface area contributed by atoms with Crippen LogP contribution in [-0.4, -0.2) is 28.2 Å². The Morgan fingerprint density at radius 1 is 1.20 bits per heavy atom. The van der Waals surface area contributed by atoms with E-state index in [0.717, 1.165) is 16.7 Å². The molecule has 0 unspecified atom stereocenters. The van der Waals surface area contributed by atoms with Crippen molar-refractivity contribution in [1.29, 1.82) is 0 Å².